The normalized spacial score (nSPS) is 24.1. The van der Waals surface area contributed by atoms with Crippen LogP contribution in [0.2, 0.25) is 0 Å². The second-order valence-corrected chi connectivity index (χ2v) is 3.74. The molecule has 76 valence electrons. The molecule has 0 aliphatic carbocycles. The highest BCUT2D eigenvalue weighted by Crippen LogP contribution is 2.35. The Kier molecular flexibility index (Phi) is 2.16. The van der Waals surface area contributed by atoms with E-state index in [1.807, 2.05) is 19.1 Å². The first kappa shape index (κ1) is 9.66. The fourth-order valence-corrected chi connectivity index (χ4v) is 1.53. The SMILES string of the molecule is Cc1nc2c(o1)N=CC=CCC2(C)C#N. The summed E-state index contributed by atoms with van der Waals surface area (Å²) in [6.45, 7) is 3.60. The minimum Gasteiger partial charge on any atom is -0.423 e. The Morgan fingerprint density at radius 3 is 3.13 bits per heavy atom. The first-order valence-corrected chi connectivity index (χ1v) is 4.74. The summed E-state index contributed by atoms with van der Waals surface area (Å²) in [7, 11) is 0. The van der Waals surface area contributed by atoms with Crippen LogP contribution < -0.4 is 0 Å². The summed E-state index contributed by atoms with van der Waals surface area (Å²) in [5.41, 5.74) is -0.0236. The van der Waals surface area contributed by atoms with Crippen molar-refractivity contribution in [2.24, 2.45) is 4.99 Å². The first-order chi connectivity index (χ1) is 7.15. The van der Waals surface area contributed by atoms with Crippen molar-refractivity contribution in [2.45, 2.75) is 25.7 Å². The lowest BCUT2D eigenvalue weighted by molar-refractivity contribution is 0.527. The van der Waals surface area contributed by atoms with Gasteiger partial charge in [0.15, 0.2) is 5.89 Å². The van der Waals surface area contributed by atoms with Crippen molar-refractivity contribution in [1.82, 2.24) is 4.98 Å². The van der Waals surface area contributed by atoms with Crippen LogP contribution in [0.25, 0.3) is 0 Å². The summed E-state index contributed by atoms with van der Waals surface area (Å²) < 4.78 is 5.34. The summed E-state index contributed by atoms with van der Waals surface area (Å²) in [5, 5.41) is 9.21. The van der Waals surface area contributed by atoms with Crippen LogP contribution in [0, 0.1) is 18.3 Å². The lowest BCUT2D eigenvalue weighted by Gasteiger charge is -2.17. The molecule has 1 atom stereocenters. The van der Waals surface area contributed by atoms with E-state index in [1.165, 1.54) is 0 Å². The van der Waals surface area contributed by atoms with Crippen LogP contribution >= 0.6 is 0 Å². The standard InChI is InChI=1S/C11H11N3O/c1-8-14-9-10(15-8)13-6-4-3-5-11(9,2)7-12/h3-4,6H,5H2,1-2H3. The van der Waals surface area contributed by atoms with E-state index in [2.05, 4.69) is 16.0 Å². The van der Waals surface area contributed by atoms with E-state index in [0.29, 0.717) is 23.9 Å². The molecule has 1 aliphatic rings. The summed E-state index contributed by atoms with van der Waals surface area (Å²) in [4.78, 5) is 8.36. The Balaban J connectivity index is 2.62. The summed E-state index contributed by atoms with van der Waals surface area (Å²) in [5.74, 6) is 0.987. The van der Waals surface area contributed by atoms with Crippen molar-refractivity contribution in [2.75, 3.05) is 0 Å². The zero-order chi connectivity index (χ0) is 10.9. The molecular formula is C11H11N3O. The second kappa shape index (κ2) is 3.35. The molecule has 0 N–H and O–H groups in total. The minimum atomic E-state index is -0.651. The van der Waals surface area contributed by atoms with Crippen LogP contribution in [0.15, 0.2) is 21.6 Å². The third-order valence-corrected chi connectivity index (χ3v) is 2.43. The average molecular weight is 201 g/mol. The maximum Gasteiger partial charge on any atom is 0.244 e. The zero-order valence-electron chi connectivity index (χ0n) is 8.69. The van der Waals surface area contributed by atoms with Gasteiger partial charge >= 0.3 is 0 Å². The average Bonchev–Trinajstić information content (AvgIpc) is 2.57. The molecule has 0 saturated heterocycles. The highest BCUT2D eigenvalue weighted by atomic mass is 16.4. The van der Waals surface area contributed by atoms with Gasteiger partial charge in [-0.1, -0.05) is 6.08 Å². The number of aryl methyl sites for hydroxylation is 1. The molecule has 1 aromatic rings. The van der Waals surface area contributed by atoms with Crippen LogP contribution in [0.1, 0.15) is 24.9 Å². The number of nitrogens with zero attached hydrogens (tertiary/aromatic N) is 3. The molecule has 2 heterocycles. The Hall–Kier alpha value is -1.89. The van der Waals surface area contributed by atoms with Gasteiger partial charge in [0.05, 0.1) is 6.07 Å². The molecular weight excluding hydrogens is 190 g/mol. The predicted molar refractivity (Wildman–Crippen MR) is 56.1 cm³/mol. The van der Waals surface area contributed by atoms with E-state index in [1.54, 1.807) is 13.1 Å². The molecule has 0 fully saturated rings. The lowest BCUT2D eigenvalue weighted by atomic mass is 9.84. The van der Waals surface area contributed by atoms with E-state index in [4.69, 9.17) is 4.42 Å². The Morgan fingerprint density at radius 1 is 1.60 bits per heavy atom. The van der Waals surface area contributed by atoms with E-state index >= 15 is 0 Å². The molecule has 4 nitrogen and oxygen atoms in total. The van der Waals surface area contributed by atoms with Crippen LogP contribution in [0.4, 0.5) is 5.88 Å². The smallest absolute Gasteiger partial charge is 0.244 e. The number of hydrogen-bond acceptors (Lipinski definition) is 4. The van der Waals surface area contributed by atoms with Crippen molar-refractivity contribution < 1.29 is 4.42 Å². The van der Waals surface area contributed by atoms with Gasteiger partial charge in [-0.3, -0.25) is 0 Å². The Labute approximate surface area is 88.0 Å². The molecule has 1 aliphatic heterocycles. The van der Waals surface area contributed by atoms with Gasteiger partial charge in [0.1, 0.15) is 11.1 Å². The Morgan fingerprint density at radius 2 is 2.40 bits per heavy atom. The van der Waals surface area contributed by atoms with Gasteiger partial charge in [-0.05, 0) is 19.4 Å². The third kappa shape index (κ3) is 1.57. The largest absolute Gasteiger partial charge is 0.423 e. The number of rotatable bonds is 0. The van der Waals surface area contributed by atoms with Gasteiger partial charge in [0, 0.05) is 13.1 Å². The minimum absolute atomic E-state index is 0.445. The number of aliphatic imine (C=N–C) groups is 1. The predicted octanol–water partition coefficient (Wildman–Crippen LogP) is 2.43. The van der Waals surface area contributed by atoms with Gasteiger partial charge in [-0.25, -0.2) is 9.98 Å². The topological polar surface area (TPSA) is 62.2 Å². The number of hydrogen-bond donors (Lipinski definition) is 0. The maximum atomic E-state index is 9.21. The second-order valence-electron chi connectivity index (χ2n) is 3.74. The van der Waals surface area contributed by atoms with Crippen LogP contribution in [-0.4, -0.2) is 11.2 Å². The van der Waals surface area contributed by atoms with Gasteiger partial charge in [-0.2, -0.15) is 5.26 Å². The molecule has 0 spiro atoms. The van der Waals surface area contributed by atoms with Crippen molar-refractivity contribution in [3.05, 3.63) is 23.7 Å². The van der Waals surface area contributed by atoms with Gasteiger partial charge in [0.2, 0.25) is 5.88 Å². The highest BCUT2D eigenvalue weighted by Gasteiger charge is 2.33. The van der Waals surface area contributed by atoms with E-state index in [0.717, 1.165) is 0 Å². The number of nitriles is 1. The molecule has 0 radical (unpaired) electrons. The van der Waals surface area contributed by atoms with Crippen LogP contribution in [-0.2, 0) is 5.41 Å². The number of aromatic nitrogens is 1. The molecule has 0 bridgehead atoms. The fraction of sp³-hybridized carbons (Fsp3) is 0.364. The molecule has 4 heteroatoms. The Bertz CT molecular complexity index is 479. The molecule has 0 amide bonds. The zero-order valence-corrected chi connectivity index (χ0v) is 8.69. The molecule has 15 heavy (non-hydrogen) atoms. The van der Waals surface area contributed by atoms with Gasteiger partial charge < -0.3 is 4.42 Å². The number of allylic oxidation sites excluding steroid dienone is 2. The van der Waals surface area contributed by atoms with Gasteiger partial charge in [-0.15, -0.1) is 0 Å². The van der Waals surface area contributed by atoms with Crippen molar-refractivity contribution in [1.29, 1.82) is 5.26 Å². The molecule has 1 unspecified atom stereocenters. The van der Waals surface area contributed by atoms with Crippen LogP contribution in [0.5, 0.6) is 0 Å². The highest BCUT2D eigenvalue weighted by molar-refractivity contribution is 5.74. The van der Waals surface area contributed by atoms with Crippen molar-refractivity contribution in [3.8, 4) is 6.07 Å². The summed E-state index contributed by atoms with van der Waals surface area (Å²) in [6.07, 6.45) is 6.00. The van der Waals surface area contributed by atoms with E-state index < -0.39 is 5.41 Å². The van der Waals surface area contributed by atoms with Crippen molar-refractivity contribution >= 4 is 12.1 Å². The first-order valence-electron chi connectivity index (χ1n) is 4.74. The number of fused-ring (bicyclic) bond motifs is 1. The quantitative estimate of drug-likeness (QED) is 0.647. The maximum absolute atomic E-state index is 9.21. The molecule has 0 aromatic carbocycles. The summed E-state index contributed by atoms with van der Waals surface area (Å²) >= 11 is 0. The fourth-order valence-electron chi connectivity index (χ4n) is 1.53. The third-order valence-electron chi connectivity index (χ3n) is 2.43. The van der Waals surface area contributed by atoms with E-state index in [-0.39, 0.29) is 0 Å². The van der Waals surface area contributed by atoms with Crippen LogP contribution in [0.3, 0.4) is 0 Å². The summed E-state index contributed by atoms with van der Waals surface area (Å²) in [6, 6.07) is 2.27. The van der Waals surface area contributed by atoms with Gasteiger partial charge in [0.25, 0.3) is 0 Å². The van der Waals surface area contributed by atoms with E-state index in [9.17, 15) is 5.26 Å². The lowest BCUT2D eigenvalue weighted by Crippen LogP contribution is -2.19. The molecule has 1 aromatic heterocycles. The molecule has 0 saturated carbocycles. The molecule has 2 rings (SSSR count). The number of oxazole rings is 1. The monoisotopic (exact) mass is 201 g/mol. The van der Waals surface area contributed by atoms with Crippen molar-refractivity contribution in [3.63, 3.8) is 0 Å².